The number of rotatable bonds is 6. The Labute approximate surface area is 158 Å². The molecule has 2 N–H and O–H groups in total. The molecule has 1 unspecified atom stereocenters. The fraction of sp³-hybridized carbons (Fsp3) is 0.353. The quantitative estimate of drug-likeness (QED) is 0.392. The van der Waals surface area contributed by atoms with Crippen LogP contribution in [0.5, 0.6) is 0 Å². The molecule has 0 radical (unpaired) electrons. The molecule has 1 heterocycles. The highest BCUT2D eigenvalue weighted by atomic mass is 127. The van der Waals surface area contributed by atoms with E-state index in [4.69, 9.17) is 0 Å². The van der Waals surface area contributed by atoms with Gasteiger partial charge in [0.25, 0.3) is 0 Å². The van der Waals surface area contributed by atoms with Gasteiger partial charge in [0.2, 0.25) is 0 Å². The molecule has 0 bridgehead atoms. The zero-order valence-electron chi connectivity index (χ0n) is 13.4. The van der Waals surface area contributed by atoms with E-state index < -0.39 is 0 Å². The molecule has 2 rings (SSSR count). The standard InChI is InChI=1S/C17H22FN3S.HI/c1-3-19-17(20-11-13(2)16-5-4-10-22-16)21-12-14-6-8-15(18)9-7-14;/h4-10,13H,3,11-12H2,1-2H3,(H2,19,20,21);1H. The molecule has 0 aliphatic heterocycles. The molecule has 2 aromatic rings. The highest BCUT2D eigenvalue weighted by Crippen LogP contribution is 2.19. The summed E-state index contributed by atoms with van der Waals surface area (Å²) in [6.07, 6.45) is 0. The lowest BCUT2D eigenvalue weighted by molar-refractivity contribution is 0.627. The number of halogens is 2. The first-order chi connectivity index (χ1) is 10.7. The van der Waals surface area contributed by atoms with Crippen molar-refractivity contribution in [3.8, 4) is 0 Å². The van der Waals surface area contributed by atoms with Gasteiger partial charge in [-0.3, -0.25) is 0 Å². The zero-order valence-corrected chi connectivity index (χ0v) is 16.5. The minimum Gasteiger partial charge on any atom is -0.357 e. The summed E-state index contributed by atoms with van der Waals surface area (Å²) < 4.78 is 12.9. The van der Waals surface area contributed by atoms with Crippen LogP contribution in [0.2, 0.25) is 0 Å². The maximum Gasteiger partial charge on any atom is 0.191 e. The van der Waals surface area contributed by atoms with Gasteiger partial charge >= 0.3 is 0 Å². The summed E-state index contributed by atoms with van der Waals surface area (Å²) in [4.78, 5) is 5.90. The third-order valence-electron chi connectivity index (χ3n) is 3.28. The van der Waals surface area contributed by atoms with E-state index in [-0.39, 0.29) is 29.8 Å². The third-order valence-corrected chi connectivity index (χ3v) is 4.39. The van der Waals surface area contributed by atoms with Crippen molar-refractivity contribution >= 4 is 41.3 Å². The van der Waals surface area contributed by atoms with Gasteiger partial charge in [-0.1, -0.05) is 25.1 Å². The van der Waals surface area contributed by atoms with Crippen LogP contribution in [0, 0.1) is 5.82 Å². The minimum absolute atomic E-state index is 0. The second kappa shape index (κ2) is 10.6. The van der Waals surface area contributed by atoms with Gasteiger partial charge in [-0.25, -0.2) is 9.38 Å². The number of hydrogen-bond acceptors (Lipinski definition) is 2. The van der Waals surface area contributed by atoms with Gasteiger partial charge in [0, 0.05) is 23.9 Å². The molecule has 0 amide bonds. The Balaban J connectivity index is 0.00000264. The Morgan fingerprint density at radius 2 is 1.96 bits per heavy atom. The first-order valence-corrected chi connectivity index (χ1v) is 8.37. The molecule has 126 valence electrons. The summed E-state index contributed by atoms with van der Waals surface area (Å²) in [6.45, 7) is 6.40. The number of aliphatic imine (C=N–C) groups is 1. The lowest BCUT2D eigenvalue weighted by atomic mass is 10.1. The summed E-state index contributed by atoms with van der Waals surface area (Å²) in [7, 11) is 0. The molecule has 23 heavy (non-hydrogen) atoms. The molecule has 0 spiro atoms. The summed E-state index contributed by atoms with van der Waals surface area (Å²) in [5.74, 6) is 1.01. The summed E-state index contributed by atoms with van der Waals surface area (Å²) in [5, 5.41) is 8.69. The lowest BCUT2D eigenvalue weighted by Gasteiger charge is -2.15. The highest BCUT2D eigenvalue weighted by molar-refractivity contribution is 14.0. The maximum atomic E-state index is 12.9. The van der Waals surface area contributed by atoms with Gasteiger partial charge in [0.1, 0.15) is 5.82 Å². The van der Waals surface area contributed by atoms with E-state index in [2.05, 4.69) is 40.1 Å². The molecule has 0 aliphatic carbocycles. The van der Waals surface area contributed by atoms with Crippen LogP contribution in [0.15, 0.2) is 46.8 Å². The maximum absolute atomic E-state index is 12.9. The van der Waals surface area contributed by atoms with E-state index in [9.17, 15) is 4.39 Å². The molecule has 1 aromatic carbocycles. The SMILES string of the molecule is CCNC(=NCc1ccc(F)cc1)NCC(C)c1cccs1.I. The van der Waals surface area contributed by atoms with Gasteiger partial charge in [-0.15, -0.1) is 35.3 Å². The Morgan fingerprint density at radius 3 is 2.57 bits per heavy atom. The first kappa shape index (κ1) is 19.9. The average Bonchev–Trinajstić information content (AvgIpc) is 3.06. The number of nitrogens with one attached hydrogen (secondary N) is 2. The number of guanidine groups is 1. The van der Waals surface area contributed by atoms with Crippen LogP contribution in [0.3, 0.4) is 0 Å². The molecule has 0 fully saturated rings. The van der Waals surface area contributed by atoms with Crippen LogP contribution in [0.25, 0.3) is 0 Å². The van der Waals surface area contributed by atoms with Gasteiger partial charge in [0.05, 0.1) is 6.54 Å². The van der Waals surface area contributed by atoms with Crippen LogP contribution in [0.1, 0.15) is 30.2 Å². The predicted molar refractivity (Wildman–Crippen MR) is 107 cm³/mol. The third kappa shape index (κ3) is 6.87. The molecule has 3 nitrogen and oxygen atoms in total. The van der Waals surface area contributed by atoms with Gasteiger partial charge in [-0.2, -0.15) is 0 Å². The normalized spacial score (nSPS) is 12.4. The van der Waals surface area contributed by atoms with Crippen LogP contribution in [-0.2, 0) is 6.54 Å². The van der Waals surface area contributed by atoms with Crippen molar-refractivity contribution in [1.29, 1.82) is 0 Å². The van der Waals surface area contributed by atoms with Crippen molar-refractivity contribution in [2.75, 3.05) is 13.1 Å². The van der Waals surface area contributed by atoms with Crippen molar-refractivity contribution in [2.24, 2.45) is 4.99 Å². The zero-order chi connectivity index (χ0) is 15.8. The van der Waals surface area contributed by atoms with Crippen LogP contribution in [0.4, 0.5) is 4.39 Å². The smallest absolute Gasteiger partial charge is 0.191 e. The monoisotopic (exact) mass is 447 g/mol. The second-order valence-corrected chi connectivity index (χ2v) is 6.10. The second-order valence-electron chi connectivity index (χ2n) is 5.12. The van der Waals surface area contributed by atoms with E-state index in [1.165, 1.54) is 17.0 Å². The average molecular weight is 447 g/mol. The largest absolute Gasteiger partial charge is 0.357 e. The minimum atomic E-state index is -0.220. The number of nitrogens with zero attached hydrogens (tertiary/aromatic N) is 1. The Bertz CT molecular complexity index is 584. The van der Waals surface area contributed by atoms with Crippen molar-refractivity contribution in [2.45, 2.75) is 26.3 Å². The van der Waals surface area contributed by atoms with E-state index >= 15 is 0 Å². The lowest BCUT2D eigenvalue weighted by Crippen LogP contribution is -2.39. The topological polar surface area (TPSA) is 36.4 Å². The fourth-order valence-corrected chi connectivity index (χ4v) is 2.81. The molecule has 6 heteroatoms. The first-order valence-electron chi connectivity index (χ1n) is 7.49. The Hall–Kier alpha value is -1.15. The molecule has 0 aliphatic rings. The fourth-order valence-electron chi connectivity index (χ4n) is 2.02. The van der Waals surface area contributed by atoms with E-state index in [1.807, 2.05) is 6.92 Å². The molecule has 1 atom stereocenters. The van der Waals surface area contributed by atoms with Crippen molar-refractivity contribution in [1.82, 2.24) is 10.6 Å². The number of hydrogen-bond donors (Lipinski definition) is 2. The predicted octanol–water partition coefficient (Wildman–Crippen LogP) is 4.36. The molecule has 1 aromatic heterocycles. The van der Waals surface area contributed by atoms with Crippen LogP contribution < -0.4 is 10.6 Å². The van der Waals surface area contributed by atoms with Crippen LogP contribution >= 0.6 is 35.3 Å². The van der Waals surface area contributed by atoms with Crippen LogP contribution in [-0.4, -0.2) is 19.0 Å². The highest BCUT2D eigenvalue weighted by Gasteiger charge is 2.07. The van der Waals surface area contributed by atoms with Gasteiger partial charge in [0.15, 0.2) is 5.96 Å². The van der Waals surface area contributed by atoms with Gasteiger partial charge < -0.3 is 10.6 Å². The van der Waals surface area contributed by atoms with Crippen molar-refractivity contribution in [3.63, 3.8) is 0 Å². The molecular weight excluding hydrogens is 424 g/mol. The van der Waals surface area contributed by atoms with Gasteiger partial charge in [-0.05, 0) is 36.1 Å². The van der Waals surface area contributed by atoms with Crippen molar-refractivity contribution in [3.05, 3.63) is 58.0 Å². The Kier molecular flexibility index (Phi) is 9.16. The number of benzene rings is 1. The molecular formula is C17H23FIN3S. The summed E-state index contributed by atoms with van der Waals surface area (Å²) in [6, 6.07) is 10.7. The van der Waals surface area contributed by atoms with E-state index in [1.54, 1.807) is 23.5 Å². The molecule has 0 saturated heterocycles. The van der Waals surface area contributed by atoms with Crippen molar-refractivity contribution < 1.29 is 4.39 Å². The molecule has 0 saturated carbocycles. The Morgan fingerprint density at radius 1 is 1.22 bits per heavy atom. The summed E-state index contributed by atoms with van der Waals surface area (Å²) >= 11 is 1.77. The summed E-state index contributed by atoms with van der Waals surface area (Å²) in [5.41, 5.74) is 0.991. The van der Waals surface area contributed by atoms with E-state index in [0.29, 0.717) is 12.5 Å². The van der Waals surface area contributed by atoms with E-state index in [0.717, 1.165) is 24.6 Å². The number of thiophene rings is 1.